The summed E-state index contributed by atoms with van der Waals surface area (Å²) in [5.41, 5.74) is 0.980. The second-order valence-electron chi connectivity index (χ2n) is 3.57. The third-order valence-corrected chi connectivity index (χ3v) is 2.57. The lowest BCUT2D eigenvalue weighted by molar-refractivity contribution is 0.102. The number of hydrogen-bond donors (Lipinski definition) is 1. The minimum Gasteiger partial charge on any atom is -0.320 e. The van der Waals surface area contributed by atoms with Gasteiger partial charge < -0.3 is 5.32 Å². The van der Waals surface area contributed by atoms with Crippen LogP contribution in [0.5, 0.6) is 0 Å². The maximum absolute atomic E-state index is 11.9. The quantitative estimate of drug-likeness (QED) is 0.848. The van der Waals surface area contributed by atoms with Gasteiger partial charge in [-0.15, -0.1) is 4.91 Å². The smallest absolute Gasteiger partial charge is 0.255 e. The minimum atomic E-state index is -0.339. The van der Waals surface area contributed by atoms with E-state index in [1.54, 1.807) is 42.5 Å². The summed E-state index contributed by atoms with van der Waals surface area (Å²) in [7, 11) is 0. The van der Waals surface area contributed by atoms with Gasteiger partial charge in [0.1, 0.15) is 5.69 Å². The van der Waals surface area contributed by atoms with Gasteiger partial charge in [-0.1, -0.05) is 29.8 Å². The molecule has 0 heterocycles. The highest BCUT2D eigenvalue weighted by Crippen LogP contribution is 2.24. The van der Waals surface area contributed by atoms with E-state index in [1.165, 1.54) is 6.07 Å². The number of nitrogens with one attached hydrogen (secondary N) is 1. The SMILES string of the molecule is O=Nc1ccccc1NC(=O)c1cccc(Cl)c1. The summed E-state index contributed by atoms with van der Waals surface area (Å²) in [5.74, 6) is -0.339. The van der Waals surface area contributed by atoms with Crippen LogP contribution < -0.4 is 5.32 Å². The van der Waals surface area contributed by atoms with Crippen LogP contribution in [0.15, 0.2) is 53.7 Å². The second-order valence-corrected chi connectivity index (χ2v) is 4.01. The number of rotatable bonds is 3. The number of carbonyl (C=O) groups is 1. The first-order chi connectivity index (χ1) is 8.70. The molecule has 2 aromatic carbocycles. The van der Waals surface area contributed by atoms with Crippen LogP contribution >= 0.6 is 11.6 Å². The molecule has 0 bridgehead atoms. The molecule has 0 unspecified atom stereocenters. The molecule has 0 spiro atoms. The number of benzene rings is 2. The van der Waals surface area contributed by atoms with Crippen molar-refractivity contribution in [3.05, 3.63) is 64.0 Å². The molecule has 2 aromatic rings. The van der Waals surface area contributed by atoms with Gasteiger partial charge in [-0.25, -0.2) is 0 Å². The van der Waals surface area contributed by atoms with Crippen LogP contribution in [0.1, 0.15) is 10.4 Å². The zero-order valence-electron chi connectivity index (χ0n) is 9.26. The molecule has 1 amide bonds. The largest absolute Gasteiger partial charge is 0.320 e. The number of anilines is 1. The molecule has 1 N–H and O–H groups in total. The molecule has 0 aliphatic rings. The fraction of sp³-hybridized carbons (Fsp3) is 0. The molecular weight excluding hydrogens is 252 g/mol. The first kappa shape index (κ1) is 12.3. The summed E-state index contributed by atoms with van der Waals surface area (Å²) in [6, 6.07) is 13.1. The standard InChI is InChI=1S/C13H9ClN2O2/c14-10-5-3-4-9(8-10)13(17)15-11-6-1-2-7-12(11)16-18/h1-8H,(H,15,17). The molecule has 0 saturated heterocycles. The molecule has 0 aliphatic carbocycles. The average Bonchev–Trinajstić information content (AvgIpc) is 2.39. The Morgan fingerprint density at radius 1 is 1.11 bits per heavy atom. The molecule has 90 valence electrons. The topological polar surface area (TPSA) is 58.5 Å². The Kier molecular flexibility index (Phi) is 3.69. The number of hydrogen-bond acceptors (Lipinski definition) is 3. The van der Waals surface area contributed by atoms with Crippen molar-refractivity contribution in [3.8, 4) is 0 Å². The van der Waals surface area contributed by atoms with Crippen molar-refractivity contribution in [1.82, 2.24) is 0 Å². The van der Waals surface area contributed by atoms with E-state index in [4.69, 9.17) is 11.6 Å². The maximum atomic E-state index is 11.9. The fourth-order valence-corrected chi connectivity index (χ4v) is 1.67. The predicted octanol–water partition coefficient (Wildman–Crippen LogP) is 3.99. The lowest BCUT2D eigenvalue weighted by Crippen LogP contribution is -2.11. The van der Waals surface area contributed by atoms with Crippen molar-refractivity contribution in [2.75, 3.05) is 5.32 Å². The number of nitrogens with zero attached hydrogens (tertiary/aromatic N) is 1. The van der Waals surface area contributed by atoms with Crippen molar-refractivity contribution in [3.63, 3.8) is 0 Å². The zero-order chi connectivity index (χ0) is 13.0. The van der Waals surface area contributed by atoms with Crippen molar-refractivity contribution >= 4 is 28.9 Å². The normalized spacial score (nSPS) is 9.83. The Labute approximate surface area is 109 Å². The monoisotopic (exact) mass is 260 g/mol. The Morgan fingerprint density at radius 2 is 1.89 bits per heavy atom. The van der Waals surface area contributed by atoms with Crippen LogP contribution in [0.25, 0.3) is 0 Å². The van der Waals surface area contributed by atoms with Gasteiger partial charge in [-0.2, -0.15) is 0 Å². The number of halogens is 1. The molecule has 0 aromatic heterocycles. The van der Waals surface area contributed by atoms with E-state index in [0.717, 1.165) is 0 Å². The van der Waals surface area contributed by atoms with E-state index in [9.17, 15) is 9.70 Å². The molecule has 0 aliphatic heterocycles. The highest BCUT2D eigenvalue weighted by atomic mass is 35.5. The zero-order valence-corrected chi connectivity index (χ0v) is 10.0. The molecule has 5 heteroatoms. The summed E-state index contributed by atoms with van der Waals surface area (Å²) in [6.07, 6.45) is 0. The van der Waals surface area contributed by atoms with Crippen LogP contribution in [0, 0.1) is 4.91 Å². The fourth-order valence-electron chi connectivity index (χ4n) is 1.48. The van der Waals surface area contributed by atoms with Crippen molar-refractivity contribution in [2.24, 2.45) is 5.18 Å². The van der Waals surface area contributed by atoms with Crippen molar-refractivity contribution < 1.29 is 4.79 Å². The van der Waals surface area contributed by atoms with Crippen molar-refractivity contribution in [2.45, 2.75) is 0 Å². The summed E-state index contributed by atoms with van der Waals surface area (Å²) in [6.45, 7) is 0. The first-order valence-corrected chi connectivity index (χ1v) is 5.58. The van der Waals surface area contributed by atoms with Crippen LogP contribution in [-0.2, 0) is 0 Å². The highest BCUT2D eigenvalue weighted by Gasteiger charge is 2.09. The number of amides is 1. The van der Waals surface area contributed by atoms with Crippen LogP contribution in [0.3, 0.4) is 0 Å². The summed E-state index contributed by atoms with van der Waals surface area (Å²) >= 11 is 5.80. The van der Waals surface area contributed by atoms with E-state index in [1.807, 2.05) is 0 Å². The molecule has 0 saturated carbocycles. The van der Waals surface area contributed by atoms with Gasteiger partial charge in [0, 0.05) is 10.6 Å². The van der Waals surface area contributed by atoms with E-state index in [2.05, 4.69) is 10.5 Å². The average molecular weight is 261 g/mol. The first-order valence-electron chi connectivity index (χ1n) is 5.20. The number of carbonyl (C=O) groups excluding carboxylic acids is 1. The lowest BCUT2D eigenvalue weighted by Gasteiger charge is -2.06. The summed E-state index contributed by atoms with van der Waals surface area (Å²) in [5, 5.41) is 5.93. The Bertz CT molecular complexity index is 599. The van der Waals surface area contributed by atoms with Gasteiger partial charge in [0.2, 0.25) is 0 Å². The van der Waals surface area contributed by atoms with Gasteiger partial charge in [-0.05, 0) is 35.5 Å². The third-order valence-electron chi connectivity index (χ3n) is 2.34. The molecular formula is C13H9ClN2O2. The molecule has 18 heavy (non-hydrogen) atoms. The Hall–Kier alpha value is -2.20. The van der Waals surface area contributed by atoms with Gasteiger partial charge in [-0.3, -0.25) is 4.79 Å². The van der Waals surface area contributed by atoms with Crippen molar-refractivity contribution in [1.29, 1.82) is 0 Å². The second kappa shape index (κ2) is 5.42. The van der Waals surface area contributed by atoms with E-state index < -0.39 is 0 Å². The van der Waals surface area contributed by atoms with Gasteiger partial charge in [0.15, 0.2) is 0 Å². The third kappa shape index (κ3) is 2.73. The van der Waals surface area contributed by atoms with Crippen LogP contribution in [-0.4, -0.2) is 5.91 Å². The highest BCUT2D eigenvalue weighted by molar-refractivity contribution is 6.31. The van der Waals surface area contributed by atoms with Gasteiger partial charge in [0.25, 0.3) is 5.91 Å². The molecule has 2 rings (SSSR count). The number of para-hydroxylation sites is 1. The van der Waals surface area contributed by atoms with Crippen LogP contribution in [0.2, 0.25) is 5.02 Å². The molecule has 0 radical (unpaired) electrons. The molecule has 4 nitrogen and oxygen atoms in total. The summed E-state index contributed by atoms with van der Waals surface area (Å²) in [4.78, 5) is 22.5. The van der Waals surface area contributed by atoms with E-state index in [-0.39, 0.29) is 11.6 Å². The Balaban J connectivity index is 2.24. The lowest BCUT2D eigenvalue weighted by atomic mass is 10.2. The minimum absolute atomic E-state index is 0.188. The van der Waals surface area contributed by atoms with E-state index >= 15 is 0 Å². The Morgan fingerprint density at radius 3 is 2.61 bits per heavy atom. The van der Waals surface area contributed by atoms with E-state index in [0.29, 0.717) is 16.3 Å². The summed E-state index contributed by atoms with van der Waals surface area (Å²) < 4.78 is 0. The van der Waals surface area contributed by atoms with Gasteiger partial charge in [0.05, 0.1) is 5.69 Å². The molecule has 0 fully saturated rings. The maximum Gasteiger partial charge on any atom is 0.255 e. The number of nitroso groups, excluding NO2 is 1. The predicted molar refractivity (Wildman–Crippen MR) is 71.3 cm³/mol. The van der Waals surface area contributed by atoms with Crippen LogP contribution in [0.4, 0.5) is 11.4 Å². The van der Waals surface area contributed by atoms with Gasteiger partial charge >= 0.3 is 0 Å². The molecule has 0 atom stereocenters.